The second kappa shape index (κ2) is 5.61. The molecule has 0 radical (unpaired) electrons. The van der Waals surface area contributed by atoms with E-state index in [0.29, 0.717) is 5.56 Å². The van der Waals surface area contributed by atoms with Crippen LogP contribution in [0.15, 0.2) is 41.6 Å². The van der Waals surface area contributed by atoms with Crippen molar-refractivity contribution < 1.29 is 5.21 Å². The minimum atomic E-state index is 0.0778. The number of anilines is 2. The summed E-state index contributed by atoms with van der Waals surface area (Å²) in [7, 11) is 1.93. The zero-order valence-corrected chi connectivity index (χ0v) is 11.8. The quantitative estimate of drug-likeness (QED) is 0.389. The van der Waals surface area contributed by atoms with Crippen LogP contribution in [0, 0.1) is 13.8 Å². The maximum atomic E-state index is 8.79. The Morgan fingerprint density at radius 1 is 1.20 bits per heavy atom. The van der Waals surface area contributed by atoms with E-state index >= 15 is 0 Å². The average Bonchev–Trinajstić information content (AvgIpc) is 2.45. The third-order valence-corrected chi connectivity index (χ3v) is 3.11. The average molecular weight is 270 g/mol. The summed E-state index contributed by atoms with van der Waals surface area (Å²) < 4.78 is 0. The fourth-order valence-corrected chi connectivity index (χ4v) is 1.93. The molecule has 20 heavy (non-hydrogen) atoms. The van der Waals surface area contributed by atoms with Crippen molar-refractivity contribution in [2.75, 3.05) is 11.9 Å². The van der Waals surface area contributed by atoms with Gasteiger partial charge in [-0.1, -0.05) is 22.9 Å². The molecule has 0 saturated carbocycles. The first-order chi connectivity index (χ1) is 9.51. The summed E-state index contributed by atoms with van der Waals surface area (Å²) in [5.74, 6) is 0.824. The van der Waals surface area contributed by atoms with Crippen molar-refractivity contribution in [3.8, 4) is 0 Å². The van der Waals surface area contributed by atoms with Gasteiger partial charge >= 0.3 is 0 Å². The molecule has 0 unspecified atom stereocenters. The fraction of sp³-hybridized carbons (Fsp3) is 0.200. The molecule has 0 aliphatic carbocycles. The van der Waals surface area contributed by atoms with Gasteiger partial charge in [0.05, 0.1) is 0 Å². The van der Waals surface area contributed by atoms with E-state index in [-0.39, 0.29) is 5.84 Å². The van der Waals surface area contributed by atoms with E-state index in [0.717, 1.165) is 17.2 Å². The third kappa shape index (κ3) is 2.88. The van der Waals surface area contributed by atoms with E-state index in [1.807, 2.05) is 50.1 Å². The van der Waals surface area contributed by atoms with Gasteiger partial charge in [-0.15, -0.1) is 0 Å². The number of rotatable bonds is 3. The van der Waals surface area contributed by atoms with Crippen molar-refractivity contribution in [3.05, 3.63) is 53.2 Å². The molecule has 0 aliphatic rings. The van der Waals surface area contributed by atoms with Crippen LogP contribution >= 0.6 is 0 Å². The summed E-state index contributed by atoms with van der Waals surface area (Å²) in [6.07, 6.45) is 0. The van der Waals surface area contributed by atoms with Crippen LogP contribution in [0.1, 0.15) is 16.8 Å². The number of amidine groups is 1. The highest BCUT2D eigenvalue weighted by Crippen LogP contribution is 2.23. The lowest BCUT2D eigenvalue weighted by atomic mass is 10.2. The first-order valence-electron chi connectivity index (χ1n) is 6.28. The summed E-state index contributed by atoms with van der Waals surface area (Å²) in [6, 6.07) is 11.7. The minimum Gasteiger partial charge on any atom is -0.409 e. The molecule has 2 rings (SSSR count). The molecule has 0 amide bonds. The Hall–Kier alpha value is -2.56. The van der Waals surface area contributed by atoms with Crippen LogP contribution in [0.4, 0.5) is 11.5 Å². The topological polar surface area (TPSA) is 74.7 Å². The Morgan fingerprint density at radius 3 is 2.45 bits per heavy atom. The number of oxime groups is 1. The van der Waals surface area contributed by atoms with Gasteiger partial charge in [-0.3, -0.25) is 0 Å². The maximum absolute atomic E-state index is 8.79. The van der Waals surface area contributed by atoms with Crippen molar-refractivity contribution in [1.29, 1.82) is 0 Å². The van der Waals surface area contributed by atoms with Crippen molar-refractivity contribution in [2.45, 2.75) is 13.8 Å². The molecular weight excluding hydrogens is 252 g/mol. The Morgan fingerprint density at radius 2 is 1.85 bits per heavy atom. The second-order valence-electron chi connectivity index (χ2n) is 4.74. The summed E-state index contributed by atoms with van der Waals surface area (Å²) >= 11 is 0. The van der Waals surface area contributed by atoms with Crippen LogP contribution in [0.3, 0.4) is 0 Å². The van der Waals surface area contributed by atoms with Gasteiger partial charge in [0.25, 0.3) is 0 Å². The van der Waals surface area contributed by atoms with Gasteiger partial charge in [0, 0.05) is 24.0 Å². The molecule has 0 spiro atoms. The van der Waals surface area contributed by atoms with Gasteiger partial charge in [-0.25, -0.2) is 4.98 Å². The molecule has 0 bridgehead atoms. The lowest BCUT2D eigenvalue weighted by Gasteiger charge is -2.19. The number of hydrogen-bond acceptors (Lipinski definition) is 4. The standard InChI is InChI=1S/C15H18N4O/c1-10-4-6-13(7-5-10)19(3)14-9-12(15(16)18-20)8-11(2)17-14/h4-9,20H,1-3H3,(H2,16,18). The molecule has 5 heteroatoms. The Labute approximate surface area is 118 Å². The Balaban J connectivity index is 2.41. The van der Waals surface area contributed by atoms with Crippen LogP contribution in [-0.4, -0.2) is 23.1 Å². The highest BCUT2D eigenvalue weighted by atomic mass is 16.4. The van der Waals surface area contributed by atoms with Crippen LogP contribution in [0.5, 0.6) is 0 Å². The number of nitrogens with zero attached hydrogens (tertiary/aromatic N) is 3. The van der Waals surface area contributed by atoms with Crippen LogP contribution in [0.2, 0.25) is 0 Å². The van der Waals surface area contributed by atoms with Gasteiger partial charge in [-0.2, -0.15) is 0 Å². The molecule has 0 saturated heterocycles. The van der Waals surface area contributed by atoms with Crippen molar-refractivity contribution >= 4 is 17.3 Å². The van der Waals surface area contributed by atoms with E-state index in [2.05, 4.69) is 10.1 Å². The smallest absolute Gasteiger partial charge is 0.170 e. The predicted molar refractivity (Wildman–Crippen MR) is 80.7 cm³/mol. The van der Waals surface area contributed by atoms with Gasteiger partial charge in [0.2, 0.25) is 0 Å². The first kappa shape index (κ1) is 13.9. The monoisotopic (exact) mass is 270 g/mol. The Kier molecular flexibility index (Phi) is 3.89. The van der Waals surface area contributed by atoms with Gasteiger partial charge in [0.1, 0.15) is 5.82 Å². The molecule has 5 nitrogen and oxygen atoms in total. The lowest BCUT2D eigenvalue weighted by Crippen LogP contribution is -2.17. The number of benzene rings is 1. The number of pyridine rings is 1. The molecular formula is C15H18N4O. The fourth-order valence-electron chi connectivity index (χ4n) is 1.93. The number of hydrogen-bond donors (Lipinski definition) is 2. The van der Waals surface area contributed by atoms with E-state index in [1.165, 1.54) is 5.56 Å². The number of aromatic nitrogens is 1. The molecule has 1 aromatic heterocycles. The molecule has 0 fully saturated rings. The molecule has 3 N–H and O–H groups in total. The normalized spacial score (nSPS) is 11.4. The van der Waals surface area contributed by atoms with E-state index in [1.54, 1.807) is 12.1 Å². The van der Waals surface area contributed by atoms with E-state index in [9.17, 15) is 0 Å². The summed E-state index contributed by atoms with van der Waals surface area (Å²) in [5.41, 5.74) is 9.33. The summed E-state index contributed by atoms with van der Waals surface area (Å²) in [5, 5.41) is 11.8. The van der Waals surface area contributed by atoms with Crippen molar-refractivity contribution in [3.63, 3.8) is 0 Å². The number of aryl methyl sites for hydroxylation is 2. The van der Waals surface area contributed by atoms with Crippen molar-refractivity contribution in [1.82, 2.24) is 4.98 Å². The second-order valence-corrected chi connectivity index (χ2v) is 4.74. The predicted octanol–water partition coefficient (Wildman–Crippen LogP) is 2.56. The molecule has 2 aromatic rings. The lowest BCUT2D eigenvalue weighted by molar-refractivity contribution is 0.318. The van der Waals surface area contributed by atoms with Gasteiger partial charge < -0.3 is 15.8 Å². The van der Waals surface area contributed by atoms with Crippen LogP contribution < -0.4 is 10.6 Å². The third-order valence-electron chi connectivity index (χ3n) is 3.11. The molecule has 1 aromatic carbocycles. The SMILES string of the molecule is Cc1ccc(N(C)c2cc(/C(N)=N/O)cc(C)n2)cc1. The number of nitrogens with two attached hydrogens (primary N) is 1. The molecule has 0 atom stereocenters. The first-order valence-corrected chi connectivity index (χ1v) is 6.28. The molecule has 0 aliphatic heterocycles. The maximum Gasteiger partial charge on any atom is 0.170 e. The summed E-state index contributed by atoms with van der Waals surface area (Å²) in [4.78, 5) is 6.44. The highest BCUT2D eigenvalue weighted by molar-refractivity contribution is 5.97. The van der Waals surface area contributed by atoms with Crippen LogP contribution in [0.25, 0.3) is 0 Å². The van der Waals surface area contributed by atoms with Gasteiger partial charge in [0.15, 0.2) is 5.84 Å². The van der Waals surface area contributed by atoms with Crippen molar-refractivity contribution in [2.24, 2.45) is 10.9 Å². The van der Waals surface area contributed by atoms with E-state index in [4.69, 9.17) is 10.9 Å². The largest absolute Gasteiger partial charge is 0.409 e. The zero-order valence-electron chi connectivity index (χ0n) is 11.8. The van der Waals surface area contributed by atoms with E-state index < -0.39 is 0 Å². The highest BCUT2D eigenvalue weighted by Gasteiger charge is 2.09. The summed E-state index contributed by atoms with van der Waals surface area (Å²) in [6.45, 7) is 3.92. The van der Waals surface area contributed by atoms with Crippen LogP contribution in [-0.2, 0) is 0 Å². The molecule has 1 heterocycles. The minimum absolute atomic E-state index is 0.0778. The van der Waals surface area contributed by atoms with Gasteiger partial charge in [-0.05, 0) is 38.1 Å². The Bertz CT molecular complexity index is 635. The molecule has 104 valence electrons. The zero-order chi connectivity index (χ0) is 14.7.